The minimum atomic E-state index is -0.172. The average molecular weight is 292 g/mol. The van der Waals surface area contributed by atoms with Crippen LogP contribution in [0.5, 0.6) is 0 Å². The molecule has 2 aromatic heterocycles. The van der Waals surface area contributed by atoms with Gasteiger partial charge in [-0.1, -0.05) is 0 Å². The summed E-state index contributed by atoms with van der Waals surface area (Å²) in [5.74, 6) is 1.26. The summed E-state index contributed by atoms with van der Waals surface area (Å²) in [6.45, 7) is 1.58. The van der Waals surface area contributed by atoms with Crippen molar-refractivity contribution in [3.63, 3.8) is 0 Å². The highest BCUT2D eigenvalue weighted by Gasteiger charge is 2.25. The van der Waals surface area contributed by atoms with Crippen molar-refractivity contribution in [3.05, 3.63) is 12.7 Å². The van der Waals surface area contributed by atoms with Crippen LogP contribution in [0.1, 0.15) is 0 Å². The maximum absolute atomic E-state index is 9.47. The molecule has 0 aliphatic carbocycles. The minimum absolute atomic E-state index is 0.0285. The molecule has 1 saturated heterocycles. The van der Waals surface area contributed by atoms with Crippen molar-refractivity contribution in [1.29, 1.82) is 0 Å². The number of anilines is 2. The first-order valence-corrected chi connectivity index (χ1v) is 6.56. The van der Waals surface area contributed by atoms with Crippen LogP contribution in [-0.2, 0) is 4.74 Å². The average Bonchev–Trinajstić information content (AvgIpc) is 3.09. The zero-order valence-electron chi connectivity index (χ0n) is 11.5. The van der Waals surface area contributed by atoms with E-state index in [0.29, 0.717) is 37.6 Å². The number of aliphatic hydroxyl groups excluding tert-OH is 1. The van der Waals surface area contributed by atoms with Crippen LogP contribution in [0.15, 0.2) is 12.7 Å². The fourth-order valence-corrected chi connectivity index (χ4v) is 2.08. The number of nitrogens with zero attached hydrogens (tertiary/aromatic N) is 7. The molecule has 0 amide bonds. The summed E-state index contributed by atoms with van der Waals surface area (Å²) >= 11 is 0. The van der Waals surface area contributed by atoms with Crippen LogP contribution in [0, 0.1) is 0 Å². The predicted octanol–water partition coefficient (Wildman–Crippen LogP) is -1.31. The molecule has 1 aliphatic heterocycles. The number of nitrogens with one attached hydrogen (secondary N) is 1. The van der Waals surface area contributed by atoms with Crippen molar-refractivity contribution in [2.45, 2.75) is 6.04 Å². The van der Waals surface area contributed by atoms with E-state index in [2.05, 4.69) is 30.4 Å². The highest BCUT2D eigenvalue weighted by atomic mass is 16.5. The first-order chi connectivity index (χ1) is 10.3. The quantitative estimate of drug-likeness (QED) is 0.709. The van der Waals surface area contributed by atoms with E-state index in [1.54, 1.807) is 7.05 Å². The van der Waals surface area contributed by atoms with Crippen LogP contribution in [0.4, 0.5) is 11.9 Å². The lowest BCUT2D eigenvalue weighted by atomic mass is 10.2. The maximum Gasteiger partial charge on any atom is 0.258 e. The van der Waals surface area contributed by atoms with Gasteiger partial charge in [0.25, 0.3) is 5.95 Å². The molecule has 3 heterocycles. The molecule has 21 heavy (non-hydrogen) atoms. The molecule has 2 aromatic rings. The van der Waals surface area contributed by atoms with Crippen LogP contribution in [0.3, 0.4) is 0 Å². The Hall–Kier alpha value is -2.33. The molecule has 2 N–H and O–H groups in total. The second-order valence-corrected chi connectivity index (χ2v) is 4.45. The molecular formula is C11H16N8O2. The molecular weight excluding hydrogens is 276 g/mol. The molecule has 10 nitrogen and oxygen atoms in total. The number of hydrogen-bond acceptors (Lipinski definition) is 9. The van der Waals surface area contributed by atoms with Gasteiger partial charge in [-0.15, -0.1) is 0 Å². The summed E-state index contributed by atoms with van der Waals surface area (Å²) in [7, 11) is 1.73. The van der Waals surface area contributed by atoms with Gasteiger partial charge < -0.3 is 20.1 Å². The zero-order valence-corrected chi connectivity index (χ0v) is 11.5. The zero-order chi connectivity index (χ0) is 14.7. The Morgan fingerprint density at radius 3 is 2.95 bits per heavy atom. The monoisotopic (exact) mass is 292 g/mol. The van der Waals surface area contributed by atoms with E-state index in [1.807, 2.05) is 4.90 Å². The fourth-order valence-electron chi connectivity index (χ4n) is 2.08. The van der Waals surface area contributed by atoms with Crippen molar-refractivity contribution >= 4 is 11.9 Å². The van der Waals surface area contributed by atoms with Crippen LogP contribution >= 0.6 is 0 Å². The van der Waals surface area contributed by atoms with Crippen molar-refractivity contribution < 1.29 is 9.84 Å². The van der Waals surface area contributed by atoms with Crippen molar-refractivity contribution in [2.75, 3.05) is 43.6 Å². The number of morpholine rings is 1. The van der Waals surface area contributed by atoms with Crippen molar-refractivity contribution in [3.8, 4) is 5.95 Å². The standard InChI is InChI=1S/C11H16N8O2/c1-12-9-15-10(18-2-3-21-5-8(18)4-20)17-11(16-9)19-7-13-6-14-19/h6-8,20H,2-5H2,1H3,(H,12,15,16,17). The Kier molecular flexibility index (Phi) is 3.88. The van der Waals surface area contributed by atoms with E-state index in [1.165, 1.54) is 17.3 Å². The van der Waals surface area contributed by atoms with Crippen LogP contribution < -0.4 is 10.2 Å². The number of ether oxygens (including phenoxy) is 1. The van der Waals surface area contributed by atoms with Crippen LogP contribution in [0.25, 0.3) is 5.95 Å². The second-order valence-electron chi connectivity index (χ2n) is 4.45. The summed E-state index contributed by atoms with van der Waals surface area (Å²) in [6.07, 6.45) is 2.93. The Morgan fingerprint density at radius 1 is 1.38 bits per heavy atom. The third kappa shape index (κ3) is 2.76. The smallest absolute Gasteiger partial charge is 0.258 e. The molecule has 112 valence electrons. The fraction of sp³-hybridized carbons (Fsp3) is 0.545. The lowest BCUT2D eigenvalue weighted by Gasteiger charge is -2.34. The third-order valence-corrected chi connectivity index (χ3v) is 3.15. The van der Waals surface area contributed by atoms with Gasteiger partial charge in [0.1, 0.15) is 12.7 Å². The lowest BCUT2D eigenvalue weighted by molar-refractivity contribution is 0.0718. The van der Waals surface area contributed by atoms with Gasteiger partial charge in [-0.3, -0.25) is 0 Å². The molecule has 0 spiro atoms. The Morgan fingerprint density at radius 2 is 2.24 bits per heavy atom. The first-order valence-electron chi connectivity index (χ1n) is 6.56. The van der Waals surface area contributed by atoms with Gasteiger partial charge in [-0.25, -0.2) is 4.98 Å². The van der Waals surface area contributed by atoms with E-state index < -0.39 is 0 Å². The molecule has 0 radical (unpaired) electrons. The normalized spacial score (nSPS) is 18.8. The van der Waals surface area contributed by atoms with E-state index in [-0.39, 0.29) is 12.6 Å². The second kappa shape index (κ2) is 5.97. The summed E-state index contributed by atoms with van der Waals surface area (Å²) < 4.78 is 6.83. The summed E-state index contributed by atoms with van der Waals surface area (Å²) in [4.78, 5) is 18.8. The third-order valence-electron chi connectivity index (χ3n) is 3.15. The Labute approximate surface area is 120 Å². The van der Waals surface area contributed by atoms with Gasteiger partial charge >= 0.3 is 0 Å². The van der Waals surface area contributed by atoms with E-state index in [4.69, 9.17) is 4.74 Å². The SMILES string of the molecule is CNc1nc(N2CCOCC2CO)nc(-n2cncn2)n1. The van der Waals surface area contributed by atoms with Crippen LogP contribution in [-0.4, -0.2) is 74.3 Å². The van der Waals surface area contributed by atoms with E-state index in [9.17, 15) is 5.11 Å². The van der Waals surface area contributed by atoms with Gasteiger partial charge in [0.15, 0.2) is 0 Å². The van der Waals surface area contributed by atoms with Crippen molar-refractivity contribution in [2.24, 2.45) is 0 Å². The molecule has 3 rings (SSSR count). The van der Waals surface area contributed by atoms with Crippen molar-refractivity contribution in [1.82, 2.24) is 29.7 Å². The van der Waals surface area contributed by atoms with Gasteiger partial charge in [0.2, 0.25) is 11.9 Å². The molecule has 1 fully saturated rings. The predicted molar refractivity (Wildman–Crippen MR) is 73.3 cm³/mol. The molecule has 0 aromatic carbocycles. The van der Waals surface area contributed by atoms with Crippen LogP contribution in [0.2, 0.25) is 0 Å². The number of aromatic nitrogens is 6. The molecule has 0 saturated carbocycles. The summed E-state index contributed by atoms with van der Waals surface area (Å²) in [5, 5.41) is 16.4. The number of hydrogen-bond donors (Lipinski definition) is 2. The van der Waals surface area contributed by atoms with E-state index in [0.717, 1.165) is 0 Å². The molecule has 1 unspecified atom stereocenters. The maximum atomic E-state index is 9.47. The Balaban J connectivity index is 1.99. The molecule has 10 heteroatoms. The topological polar surface area (TPSA) is 114 Å². The highest BCUT2D eigenvalue weighted by Crippen LogP contribution is 2.17. The highest BCUT2D eigenvalue weighted by molar-refractivity contribution is 5.41. The van der Waals surface area contributed by atoms with Gasteiger partial charge in [-0.05, 0) is 0 Å². The number of aliphatic hydroxyl groups is 1. The van der Waals surface area contributed by atoms with Gasteiger partial charge in [0.05, 0.1) is 25.9 Å². The number of rotatable bonds is 4. The first kappa shape index (κ1) is 13.6. The Bertz CT molecular complexity index is 590. The van der Waals surface area contributed by atoms with Gasteiger partial charge in [0, 0.05) is 13.6 Å². The lowest BCUT2D eigenvalue weighted by Crippen LogP contribution is -2.48. The molecule has 0 bridgehead atoms. The largest absolute Gasteiger partial charge is 0.394 e. The van der Waals surface area contributed by atoms with Gasteiger partial charge in [-0.2, -0.15) is 24.7 Å². The summed E-state index contributed by atoms with van der Waals surface area (Å²) in [5.41, 5.74) is 0. The minimum Gasteiger partial charge on any atom is -0.394 e. The molecule has 1 aliphatic rings. The summed E-state index contributed by atoms with van der Waals surface area (Å²) in [6, 6.07) is -0.172. The van der Waals surface area contributed by atoms with E-state index >= 15 is 0 Å². The molecule has 1 atom stereocenters.